The minimum atomic E-state index is -0.273. The molecule has 0 spiro atoms. The lowest BCUT2D eigenvalue weighted by Crippen LogP contribution is -2.33. The molecule has 0 aliphatic carbocycles. The van der Waals surface area contributed by atoms with E-state index in [9.17, 15) is 4.79 Å². The van der Waals surface area contributed by atoms with Crippen LogP contribution < -0.4 is 5.73 Å². The zero-order valence-corrected chi connectivity index (χ0v) is 7.87. The fourth-order valence-electron chi connectivity index (χ4n) is 0.863. The Labute approximate surface area is 73.0 Å². The minimum Gasteiger partial charge on any atom is -0.469 e. The van der Waals surface area contributed by atoms with E-state index in [4.69, 9.17) is 10.5 Å². The Balaban J connectivity index is 3.69. The number of hydrogen-bond donors (Lipinski definition) is 1. The summed E-state index contributed by atoms with van der Waals surface area (Å²) in [5.74, 6) is -0.0976. The fraction of sp³-hybridized carbons (Fsp3) is 0.875. The van der Waals surface area contributed by atoms with E-state index in [0.29, 0.717) is 6.61 Å². The summed E-state index contributed by atoms with van der Waals surface area (Å²) < 4.78 is 9.40. The van der Waals surface area contributed by atoms with Crippen molar-refractivity contribution in [3.8, 4) is 0 Å². The molecule has 1 unspecified atom stereocenters. The van der Waals surface area contributed by atoms with E-state index in [1.807, 2.05) is 6.92 Å². The molecule has 0 aromatic rings. The van der Waals surface area contributed by atoms with E-state index in [0.717, 1.165) is 0 Å². The summed E-state index contributed by atoms with van der Waals surface area (Å²) in [5, 5.41) is 0. The third-order valence-corrected chi connectivity index (χ3v) is 1.79. The van der Waals surface area contributed by atoms with Gasteiger partial charge in [0.25, 0.3) is 0 Å². The Hall–Kier alpha value is -0.610. The zero-order valence-electron chi connectivity index (χ0n) is 7.87. The summed E-state index contributed by atoms with van der Waals surface area (Å²) in [6, 6.07) is -0.183. The molecule has 0 bridgehead atoms. The number of rotatable bonds is 5. The Bertz CT molecular complexity index is 138. The molecule has 0 saturated carbocycles. The van der Waals surface area contributed by atoms with Gasteiger partial charge < -0.3 is 15.2 Å². The highest BCUT2D eigenvalue weighted by molar-refractivity contribution is 5.69. The molecular formula is C8H17NO3. The molecule has 0 amide bonds. The zero-order chi connectivity index (χ0) is 9.56. The highest BCUT2D eigenvalue weighted by Gasteiger charge is 2.16. The summed E-state index contributed by atoms with van der Waals surface area (Å²) in [5.41, 5.74) is 5.70. The smallest absolute Gasteiger partial charge is 0.307 e. The second-order valence-corrected chi connectivity index (χ2v) is 2.88. The first-order valence-electron chi connectivity index (χ1n) is 3.93. The van der Waals surface area contributed by atoms with Crippen LogP contribution in [0, 0.1) is 5.92 Å². The number of ether oxygens (including phenoxy) is 2. The number of esters is 1. The van der Waals surface area contributed by atoms with Crippen LogP contribution in [-0.4, -0.2) is 32.8 Å². The maximum Gasteiger partial charge on any atom is 0.307 e. The normalized spacial score (nSPS) is 15.3. The van der Waals surface area contributed by atoms with Crippen LogP contribution in [0.1, 0.15) is 13.3 Å². The van der Waals surface area contributed by atoms with Gasteiger partial charge in [0, 0.05) is 13.2 Å². The second-order valence-electron chi connectivity index (χ2n) is 2.88. The van der Waals surface area contributed by atoms with Crippen LogP contribution in [0.4, 0.5) is 0 Å². The lowest BCUT2D eigenvalue weighted by atomic mass is 10.0. The van der Waals surface area contributed by atoms with Crippen molar-refractivity contribution < 1.29 is 14.3 Å². The van der Waals surface area contributed by atoms with Gasteiger partial charge in [-0.15, -0.1) is 0 Å². The van der Waals surface area contributed by atoms with Crippen molar-refractivity contribution in [1.82, 2.24) is 0 Å². The Morgan fingerprint density at radius 2 is 2.08 bits per heavy atom. The molecule has 0 radical (unpaired) electrons. The van der Waals surface area contributed by atoms with Gasteiger partial charge in [-0.25, -0.2) is 0 Å². The quantitative estimate of drug-likeness (QED) is 0.604. The van der Waals surface area contributed by atoms with Crippen molar-refractivity contribution in [2.75, 3.05) is 20.8 Å². The summed E-state index contributed by atoms with van der Waals surface area (Å²) in [6.07, 6.45) is 0.251. The number of methoxy groups -OCH3 is 2. The van der Waals surface area contributed by atoms with Gasteiger partial charge in [0.15, 0.2) is 0 Å². The van der Waals surface area contributed by atoms with Gasteiger partial charge in [0.1, 0.15) is 0 Å². The SMILES string of the molecule is COCC(C)[C@@H](N)CC(=O)OC. The summed E-state index contributed by atoms with van der Waals surface area (Å²) in [6.45, 7) is 2.51. The lowest BCUT2D eigenvalue weighted by molar-refractivity contribution is -0.141. The first kappa shape index (κ1) is 11.4. The highest BCUT2D eigenvalue weighted by atomic mass is 16.5. The van der Waals surface area contributed by atoms with E-state index >= 15 is 0 Å². The van der Waals surface area contributed by atoms with E-state index in [1.54, 1.807) is 7.11 Å². The van der Waals surface area contributed by atoms with Crippen molar-refractivity contribution in [3.63, 3.8) is 0 Å². The van der Waals surface area contributed by atoms with Crippen LogP contribution in [0.5, 0.6) is 0 Å². The van der Waals surface area contributed by atoms with Gasteiger partial charge in [-0.1, -0.05) is 6.92 Å². The molecule has 72 valence electrons. The van der Waals surface area contributed by atoms with E-state index in [2.05, 4.69) is 4.74 Å². The van der Waals surface area contributed by atoms with Crippen molar-refractivity contribution in [1.29, 1.82) is 0 Å². The second kappa shape index (κ2) is 5.97. The first-order chi connectivity index (χ1) is 5.61. The fourth-order valence-corrected chi connectivity index (χ4v) is 0.863. The molecule has 0 saturated heterocycles. The van der Waals surface area contributed by atoms with Crippen LogP contribution >= 0.6 is 0 Å². The molecule has 0 fully saturated rings. The molecule has 2 N–H and O–H groups in total. The number of carbonyl (C=O) groups is 1. The Morgan fingerprint density at radius 1 is 1.50 bits per heavy atom. The molecule has 2 atom stereocenters. The monoisotopic (exact) mass is 175 g/mol. The summed E-state index contributed by atoms with van der Waals surface area (Å²) in [7, 11) is 2.97. The summed E-state index contributed by atoms with van der Waals surface area (Å²) >= 11 is 0. The van der Waals surface area contributed by atoms with Gasteiger partial charge in [0.05, 0.1) is 20.1 Å². The molecular weight excluding hydrogens is 158 g/mol. The van der Waals surface area contributed by atoms with Crippen LogP contribution in [0.3, 0.4) is 0 Å². The predicted octanol–water partition coefficient (Wildman–Crippen LogP) is 0.159. The van der Waals surface area contributed by atoms with E-state index in [1.165, 1.54) is 7.11 Å². The molecule has 0 heterocycles. The van der Waals surface area contributed by atoms with Gasteiger partial charge in [0.2, 0.25) is 0 Å². The molecule has 12 heavy (non-hydrogen) atoms. The molecule has 0 aliphatic heterocycles. The molecule has 0 aromatic carbocycles. The van der Waals surface area contributed by atoms with Gasteiger partial charge >= 0.3 is 5.97 Å². The van der Waals surface area contributed by atoms with Crippen molar-refractivity contribution in [2.24, 2.45) is 11.7 Å². The van der Waals surface area contributed by atoms with Gasteiger partial charge in [-0.05, 0) is 5.92 Å². The van der Waals surface area contributed by atoms with E-state index in [-0.39, 0.29) is 24.3 Å². The van der Waals surface area contributed by atoms with Crippen LogP contribution in [-0.2, 0) is 14.3 Å². The standard InChI is InChI=1S/C8H17NO3/c1-6(5-11-2)7(9)4-8(10)12-3/h6-7H,4-5,9H2,1-3H3/t6?,7-/m0/s1. The predicted molar refractivity (Wildman–Crippen MR) is 45.6 cm³/mol. The average Bonchev–Trinajstić information content (AvgIpc) is 2.04. The van der Waals surface area contributed by atoms with E-state index < -0.39 is 0 Å². The third kappa shape index (κ3) is 4.31. The molecule has 0 rings (SSSR count). The van der Waals surface area contributed by atoms with Crippen molar-refractivity contribution in [2.45, 2.75) is 19.4 Å². The highest BCUT2D eigenvalue weighted by Crippen LogP contribution is 2.05. The Morgan fingerprint density at radius 3 is 2.50 bits per heavy atom. The van der Waals surface area contributed by atoms with Crippen LogP contribution in [0.15, 0.2) is 0 Å². The average molecular weight is 175 g/mol. The molecule has 4 heteroatoms. The van der Waals surface area contributed by atoms with Gasteiger partial charge in [-0.2, -0.15) is 0 Å². The molecule has 0 aromatic heterocycles. The lowest BCUT2D eigenvalue weighted by Gasteiger charge is -2.17. The largest absolute Gasteiger partial charge is 0.469 e. The van der Waals surface area contributed by atoms with Crippen LogP contribution in [0.25, 0.3) is 0 Å². The number of carbonyl (C=O) groups excluding carboxylic acids is 1. The number of nitrogens with two attached hydrogens (primary N) is 1. The maximum absolute atomic E-state index is 10.8. The topological polar surface area (TPSA) is 61.5 Å². The van der Waals surface area contributed by atoms with Crippen molar-refractivity contribution >= 4 is 5.97 Å². The summed E-state index contributed by atoms with van der Waals surface area (Å²) in [4.78, 5) is 10.8. The maximum atomic E-state index is 10.8. The number of hydrogen-bond acceptors (Lipinski definition) is 4. The van der Waals surface area contributed by atoms with Crippen molar-refractivity contribution in [3.05, 3.63) is 0 Å². The van der Waals surface area contributed by atoms with Crippen LogP contribution in [0.2, 0.25) is 0 Å². The molecule has 4 nitrogen and oxygen atoms in total. The van der Waals surface area contributed by atoms with Gasteiger partial charge in [-0.3, -0.25) is 4.79 Å². The Kier molecular flexibility index (Phi) is 5.66. The third-order valence-electron chi connectivity index (χ3n) is 1.79. The first-order valence-corrected chi connectivity index (χ1v) is 3.93. The minimum absolute atomic E-state index is 0.175. The molecule has 0 aliphatic rings.